The first-order valence-electron chi connectivity index (χ1n) is 15.7. The number of aromatic nitrogens is 3. The quantitative estimate of drug-likeness (QED) is 0.0217. The van der Waals surface area contributed by atoms with Gasteiger partial charge in [-0.15, -0.1) is 23.5 Å². The number of para-hydroxylation sites is 4. The molecule has 0 spiro atoms. The van der Waals surface area contributed by atoms with Crippen molar-refractivity contribution >= 4 is 110 Å². The summed E-state index contributed by atoms with van der Waals surface area (Å²) in [5.41, 5.74) is 5.28. The molecule has 12 nitrogen and oxygen atoms in total. The maximum absolute atomic E-state index is 13.9. The minimum absolute atomic E-state index is 0.0210. The van der Waals surface area contributed by atoms with Crippen molar-refractivity contribution < 1.29 is 42.2 Å². The number of aromatic hydroxyl groups is 1. The smallest absolute Gasteiger partial charge is 0.347 e. The Bertz CT molecular complexity index is 2500. The molecule has 0 atom stereocenters. The zero-order chi connectivity index (χ0) is 40.6. The monoisotopic (exact) mass is 852 g/mol. The van der Waals surface area contributed by atoms with Crippen molar-refractivity contribution in [2.45, 2.75) is 13.8 Å². The van der Waals surface area contributed by atoms with Crippen LogP contribution in [0.3, 0.4) is 0 Å². The summed E-state index contributed by atoms with van der Waals surface area (Å²) in [5.74, 6) is -4.00. The molecule has 0 fully saturated rings. The minimum Gasteiger partial charge on any atom is -0.506 e. The Hall–Kier alpha value is -4.87. The van der Waals surface area contributed by atoms with Crippen LogP contribution in [-0.2, 0) is 14.3 Å². The van der Waals surface area contributed by atoms with Crippen molar-refractivity contribution in [2.24, 2.45) is 0 Å². The number of phenols is 1. The Morgan fingerprint density at radius 2 is 1.49 bits per heavy atom. The number of anilines is 1. The van der Waals surface area contributed by atoms with Crippen molar-refractivity contribution in [3.05, 3.63) is 119 Å². The minimum atomic E-state index is -0.896. The van der Waals surface area contributed by atoms with Crippen LogP contribution in [0.4, 0.5) is 14.5 Å². The summed E-state index contributed by atoms with van der Waals surface area (Å²) in [7, 11) is 0. The molecule has 55 heavy (non-hydrogen) atoms. The third kappa shape index (κ3) is 9.51. The van der Waals surface area contributed by atoms with Gasteiger partial charge in [0.1, 0.15) is 16.5 Å². The van der Waals surface area contributed by atoms with E-state index >= 15 is 0 Å². The standard InChI is InChI=1S/C17H10ClFN2O4.C13H12Cl2FNO3S2.C6H7NO/c1-2-24-17(23)12-13(22)8-7-9(19)14(18)20-15(8)21-10-5-3-4-6-11(10)25-16(12)21;1-4-20-12(19)8(13(21-2)22-3)9(18)6-5-7(16)11(15)17-10(6)14;7-5-3-1-2-4-6(5)8/h3-7H,2H2,1H3;5H,4H2,1-3H3;1-4,8H,7H2. The fourth-order valence-corrected chi connectivity index (χ4v) is 6.73. The summed E-state index contributed by atoms with van der Waals surface area (Å²) in [6.45, 7) is 3.42. The molecule has 4 heterocycles. The molecule has 0 aliphatic heterocycles. The van der Waals surface area contributed by atoms with Crippen LogP contribution >= 0.6 is 58.3 Å². The summed E-state index contributed by atoms with van der Waals surface area (Å²) >= 11 is 19.5. The molecule has 4 aromatic heterocycles. The van der Waals surface area contributed by atoms with E-state index in [-0.39, 0.29) is 62.7 Å². The first-order chi connectivity index (χ1) is 26.2. The van der Waals surface area contributed by atoms with Gasteiger partial charge in [-0.1, -0.05) is 59.1 Å². The summed E-state index contributed by atoms with van der Waals surface area (Å²) in [4.78, 5) is 57.3. The Morgan fingerprint density at radius 1 is 0.891 bits per heavy atom. The lowest BCUT2D eigenvalue weighted by atomic mass is 10.1. The molecular formula is C36H29Cl3F2N4O8S2. The molecular weight excluding hydrogens is 825 g/mol. The third-order valence-corrected chi connectivity index (χ3v) is 10.1. The number of fused-ring (bicyclic) bond motifs is 5. The topological polar surface area (TPSA) is 176 Å². The number of ketones is 1. The van der Waals surface area contributed by atoms with Crippen molar-refractivity contribution in [1.82, 2.24) is 14.4 Å². The van der Waals surface area contributed by atoms with E-state index in [1.165, 1.54) is 27.9 Å². The summed E-state index contributed by atoms with van der Waals surface area (Å²) in [5, 5.41) is 7.60. The number of hydrogen-bond acceptors (Lipinski definition) is 13. The second-order valence-electron chi connectivity index (χ2n) is 10.5. The molecule has 3 N–H and O–H groups in total. The molecule has 288 valence electrons. The number of benzene rings is 2. The average Bonchev–Trinajstić information content (AvgIpc) is 3.54. The second kappa shape index (κ2) is 19.1. The van der Waals surface area contributed by atoms with E-state index in [1.807, 2.05) is 0 Å². The van der Waals surface area contributed by atoms with Crippen LogP contribution in [0.25, 0.3) is 27.8 Å². The van der Waals surface area contributed by atoms with Gasteiger partial charge >= 0.3 is 11.9 Å². The van der Waals surface area contributed by atoms with Gasteiger partial charge < -0.3 is 24.7 Å². The predicted octanol–water partition coefficient (Wildman–Crippen LogP) is 8.75. The Morgan fingerprint density at radius 3 is 2.09 bits per heavy atom. The number of carbonyl (C=O) groups excluding carboxylic acids is 3. The zero-order valence-corrected chi connectivity index (χ0v) is 33.0. The highest BCUT2D eigenvalue weighted by Crippen LogP contribution is 2.32. The number of thioether (sulfide) groups is 2. The molecule has 0 saturated carbocycles. The van der Waals surface area contributed by atoms with Gasteiger partial charge in [0.25, 0.3) is 0 Å². The fraction of sp³-hybridized carbons (Fsp3) is 0.167. The number of carbonyl (C=O) groups is 3. The SMILES string of the molecule is CCOC(=O)C(C(=O)c1cc(F)c(Cl)nc1Cl)=C(SC)SC.CCOC(=O)c1c(=O)c2cc(F)c(Cl)nc2n2c1oc1ccccc12.Nc1ccccc1O. The van der Waals surface area contributed by atoms with Gasteiger partial charge in [-0.05, 0) is 62.8 Å². The molecule has 6 rings (SSSR count). The summed E-state index contributed by atoms with van der Waals surface area (Å²) in [6, 6.07) is 15.4. The van der Waals surface area contributed by atoms with E-state index in [4.69, 9.17) is 59.5 Å². The molecule has 0 aliphatic carbocycles. The number of nitrogens with zero attached hydrogens (tertiary/aromatic N) is 3. The molecule has 0 saturated heterocycles. The van der Waals surface area contributed by atoms with Crippen molar-refractivity contribution in [3.63, 3.8) is 0 Å². The maximum Gasteiger partial charge on any atom is 0.347 e. The van der Waals surface area contributed by atoms with Gasteiger partial charge in [-0.25, -0.2) is 28.3 Å². The maximum atomic E-state index is 13.9. The first-order valence-corrected chi connectivity index (χ1v) is 19.3. The number of hydrogen-bond donors (Lipinski definition) is 2. The summed E-state index contributed by atoms with van der Waals surface area (Å²) in [6.07, 6.45) is 3.42. The number of nitrogen functional groups attached to an aromatic ring is 1. The molecule has 2 aromatic carbocycles. The number of halogens is 5. The second-order valence-corrected chi connectivity index (χ2v) is 13.5. The highest BCUT2D eigenvalue weighted by molar-refractivity contribution is 8.21. The number of phenolic OH excluding ortho intramolecular Hbond substituents is 1. The van der Waals surface area contributed by atoms with Crippen molar-refractivity contribution in [2.75, 3.05) is 31.5 Å². The Labute approximate surface area is 334 Å². The van der Waals surface area contributed by atoms with Crippen LogP contribution in [0.5, 0.6) is 5.75 Å². The first kappa shape index (κ1) is 42.9. The van der Waals surface area contributed by atoms with Crippen LogP contribution in [-0.4, -0.2) is 62.9 Å². The lowest BCUT2D eigenvalue weighted by Gasteiger charge is -2.11. The molecule has 0 aliphatic rings. The average molecular weight is 854 g/mol. The lowest BCUT2D eigenvalue weighted by molar-refractivity contribution is -0.138. The van der Waals surface area contributed by atoms with E-state index in [9.17, 15) is 28.0 Å². The van der Waals surface area contributed by atoms with Crippen LogP contribution in [0.2, 0.25) is 15.5 Å². The Kier molecular flexibility index (Phi) is 14.9. The number of esters is 2. The van der Waals surface area contributed by atoms with E-state index < -0.39 is 39.9 Å². The van der Waals surface area contributed by atoms with Crippen LogP contribution in [0, 0.1) is 11.6 Å². The van der Waals surface area contributed by atoms with Gasteiger partial charge in [0.15, 0.2) is 38.7 Å². The highest BCUT2D eigenvalue weighted by Gasteiger charge is 2.29. The number of Topliss-reactive ketones (excluding diaryl/α,β-unsaturated/α-hetero) is 1. The van der Waals surface area contributed by atoms with E-state index in [2.05, 4.69) is 9.97 Å². The molecule has 6 aromatic rings. The van der Waals surface area contributed by atoms with Crippen LogP contribution in [0.1, 0.15) is 34.6 Å². The number of ether oxygens (including phenoxy) is 2. The van der Waals surface area contributed by atoms with Gasteiger partial charge in [0.05, 0.1) is 39.6 Å². The fourth-order valence-electron chi connectivity index (χ4n) is 4.76. The molecule has 19 heteroatoms. The molecule has 0 radical (unpaired) electrons. The number of pyridine rings is 3. The number of nitrogens with two attached hydrogens (primary N) is 1. The molecule has 0 bridgehead atoms. The van der Waals surface area contributed by atoms with Gasteiger partial charge in [0.2, 0.25) is 16.9 Å². The normalized spacial score (nSPS) is 10.6. The lowest BCUT2D eigenvalue weighted by Crippen LogP contribution is -2.20. The largest absolute Gasteiger partial charge is 0.506 e. The van der Waals surface area contributed by atoms with E-state index in [0.717, 1.165) is 12.1 Å². The molecule has 0 unspecified atom stereocenters. The number of oxazole rings is 1. The van der Waals surface area contributed by atoms with E-state index in [0.29, 0.717) is 21.0 Å². The van der Waals surface area contributed by atoms with Crippen LogP contribution in [0.15, 0.2) is 79.7 Å². The summed E-state index contributed by atoms with van der Waals surface area (Å²) < 4.78 is 44.9. The third-order valence-electron chi connectivity index (χ3n) is 7.16. The Balaban J connectivity index is 0.000000205. The van der Waals surface area contributed by atoms with Crippen molar-refractivity contribution in [1.29, 1.82) is 0 Å². The number of rotatable bonds is 8. The van der Waals surface area contributed by atoms with Crippen molar-refractivity contribution in [3.8, 4) is 5.75 Å². The van der Waals surface area contributed by atoms with Gasteiger partial charge in [-0.2, -0.15) is 0 Å². The predicted molar refractivity (Wildman–Crippen MR) is 211 cm³/mol. The van der Waals surface area contributed by atoms with Gasteiger partial charge in [-0.3, -0.25) is 14.0 Å². The zero-order valence-electron chi connectivity index (χ0n) is 29.1. The van der Waals surface area contributed by atoms with Crippen LogP contribution < -0.4 is 11.2 Å². The molecule has 0 amide bonds. The van der Waals surface area contributed by atoms with E-state index in [1.54, 1.807) is 74.9 Å². The van der Waals surface area contributed by atoms with Gasteiger partial charge in [0, 0.05) is 0 Å². The highest BCUT2D eigenvalue weighted by atomic mass is 35.5.